The maximum atomic E-state index is 6.10. The van der Waals surface area contributed by atoms with Crippen molar-refractivity contribution in [2.45, 2.75) is 6.61 Å². The molecule has 0 aliphatic carbocycles. The highest BCUT2D eigenvalue weighted by molar-refractivity contribution is 6.33. The van der Waals surface area contributed by atoms with E-state index in [1.165, 1.54) is 0 Å². The van der Waals surface area contributed by atoms with Gasteiger partial charge in [-0.05, 0) is 30.3 Å². The van der Waals surface area contributed by atoms with Crippen molar-refractivity contribution in [1.82, 2.24) is 0 Å². The van der Waals surface area contributed by atoms with Gasteiger partial charge in [0.05, 0.1) is 11.4 Å². The lowest BCUT2D eigenvalue weighted by molar-refractivity contribution is 0.305. The highest BCUT2D eigenvalue weighted by Gasteiger charge is 2.05. The third-order valence-corrected chi connectivity index (χ3v) is 3.31. The SMILES string of the molecule is ClCC#Cc1ccccc1OCc1cc(Cl)ccc1Cl. The Morgan fingerprint density at radius 3 is 2.65 bits per heavy atom. The highest BCUT2D eigenvalue weighted by atomic mass is 35.5. The maximum Gasteiger partial charge on any atom is 0.135 e. The van der Waals surface area contributed by atoms with Crippen molar-refractivity contribution in [3.05, 3.63) is 63.6 Å². The lowest BCUT2D eigenvalue weighted by Crippen LogP contribution is -1.98. The number of hydrogen-bond acceptors (Lipinski definition) is 1. The zero-order chi connectivity index (χ0) is 14.4. The Morgan fingerprint density at radius 1 is 1.05 bits per heavy atom. The minimum atomic E-state index is 0.286. The molecule has 0 bridgehead atoms. The van der Waals surface area contributed by atoms with Gasteiger partial charge in [-0.15, -0.1) is 11.6 Å². The molecule has 0 spiro atoms. The first-order valence-electron chi connectivity index (χ1n) is 5.91. The molecule has 0 fully saturated rings. The van der Waals surface area contributed by atoms with Crippen molar-refractivity contribution in [2.75, 3.05) is 5.88 Å². The van der Waals surface area contributed by atoms with Crippen LogP contribution in [0.15, 0.2) is 42.5 Å². The van der Waals surface area contributed by atoms with E-state index < -0.39 is 0 Å². The second kappa shape index (κ2) is 7.45. The summed E-state index contributed by atoms with van der Waals surface area (Å²) in [5, 5.41) is 1.25. The Labute approximate surface area is 133 Å². The molecule has 2 aromatic carbocycles. The summed E-state index contributed by atoms with van der Waals surface area (Å²) >= 11 is 17.6. The second-order valence-electron chi connectivity index (χ2n) is 3.96. The van der Waals surface area contributed by atoms with Crippen LogP contribution in [0.5, 0.6) is 5.75 Å². The fraction of sp³-hybridized carbons (Fsp3) is 0.125. The summed E-state index contributed by atoms with van der Waals surface area (Å²) in [6.45, 7) is 0.332. The molecule has 0 heterocycles. The third kappa shape index (κ3) is 4.08. The quantitative estimate of drug-likeness (QED) is 0.559. The predicted molar refractivity (Wildman–Crippen MR) is 84.8 cm³/mol. The van der Waals surface area contributed by atoms with E-state index in [2.05, 4.69) is 11.8 Å². The molecule has 0 aliphatic heterocycles. The molecular weight excluding hydrogens is 315 g/mol. The van der Waals surface area contributed by atoms with E-state index in [0.717, 1.165) is 11.1 Å². The number of hydrogen-bond donors (Lipinski definition) is 0. The molecule has 102 valence electrons. The normalized spacial score (nSPS) is 9.75. The van der Waals surface area contributed by atoms with Crippen LogP contribution in [0.25, 0.3) is 0 Å². The number of rotatable bonds is 3. The van der Waals surface area contributed by atoms with Gasteiger partial charge < -0.3 is 4.74 Å². The Bertz CT molecular complexity index is 656. The first-order valence-corrected chi connectivity index (χ1v) is 7.20. The zero-order valence-corrected chi connectivity index (χ0v) is 12.8. The fourth-order valence-electron chi connectivity index (χ4n) is 1.63. The molecule has 1 nitrogen and oxygen atoms in total. The molecular formula is C16H11Cl3O. The lowest BCUT2D eigenvalue weighted by Gasteiger charge is -2.09. The zero-order valence-electron chi connectivity index (χ0n) is 10.5. The van der Waals surface area contributed by atoms with Gasteiger partial charge in [0, 0.05) is 15.6 Å². The van der Waals surface area contributed by atoms with Gasteiger partial charge in [0.15, 0.2) is 0 Å². The molecule has 0 amide bonds. The topological polar surface area (TPSA) is 9.23 Å². The Kier molecular flexibility index (Phi) is 5.61. The molecule has 0 atom stereocenters. The molecule has 0 radical (unpaired) electrons. The van der Waals surface area contributed by atoms with Crippen LogP contribution in [-0.4, -0.2) is 5.88 Å². The van der Waals surface area contributed by atoms with E-state index in [1.54, 1.807) is 18.2 Å². The predicted octanol–water partition coefficient (Wildman–Crippen LogP) is 5.16. The first kappa shape index (κ1) is 15.1. The summed E-state index contributed by atoms with van der Waals surface area (Å²) < 4.78 is 5.77. The second-order valence-corrected chi connectivity index (χ2v) is 5.07. The van der Waals surface area contributed by atoms with Crippen LogP contribution in [0.3, 0.4) is 0 Å². The first-order chi connectivity index (χ1) is 9.70. The van der Waals surface area contributed by atoms with E-state index >= 15 is 0 Å². The van der Waals surface area contributed by atoms with Gasteiger partial charge in [-0.3, -0.25) is 0 Å². The molecule has 4 heteroatoms. The minimum Gasteiger partial charge on any atom is -0.488 e. The van der Waals surface area contributed by atoms with Crippen molar-refractivity contribution in [3.63, 3.8) is 0 Å². The fourth-order valence-corrected chi connectivity index (χ4v) is 2.07. The van der Waals surface area contributed by atoms with Gasteiger partial charge >= 0.3 is 0 Å². The van der Waals surface area contributed by atoms with Crippen LogP contribution >= 0.6 is 34.8 Å². The summed E-state index contributed by atoms with van der Waals surface area (Å²) in [5.41, 5.74) is 1.63. The van der Waals surface area contributed by atoms with Crippen LogP contribution in [0.4, 0.5) is 0 Å². The molecule has 0 saturated heterocycles. The number of benzene rings is 2. The van der Waals surface area contributed by atoms with Crippen molar-refractivity contribution in [2.24, 2.45) is 0 Å². The Balaban J connectivity index is 2.17. The van der Waals surface area contributed by atoms with Gasteiger partial charge in [0.2, 0.25) is 0 Å². The molecule has 0 aromatic heterocycles. The Hall–Kier alpha value is -1.33. The number of para-hydroxylation sites is 1. The third-order valence-electron chi connectivity index (χ3n) is 2.57. The highest BCUT2D eigenvalue weighted by Crippen LogP contribution is 2.24. The van der Waals surface area contributed by atoms with E-state index in [-0.39, 0.29) is 5.88 Å². The average molecular weight is 326 g/mol. The molecule has 2 aromatic rings. The van der Waals surface area contributed by atoms with Crippen LogP contribution in [-0.2, 0) is 6.61 Å². The smallest absolute Gasteiger partial charge is 0.135 e. The average Bonchev–Trinajstić information content (AvgIpc) is 2.47. The summed E-state index contributed by atoms with van der Waals surface area (Å²) in [7, 11) is 0. The van der Waals surface area contributed by atoms with Crippen LogP contribution in [0, 0.1) is 11.8 Å². The maximum absolute atomic E-state index is 6.10. The van der Waals surface area contributed by atoms with Crippen LogP contribution < -0.4 is 4.74 Å². The van der Waals surface area contributed by atoms with E-state index in [9.17, 15) is 0 Å². The molecule has 0 saturated carbocycles. The summed E-state index contributed by atoms with van der Waals surface area (Å²) in [5.74, 6) is 6.75. The van der Waals surface area contributed by atoms with Gasteiger partial charge in [-0.1, -0.05) is 47.2 Å². The van der Waals surface area contributed by atoms with Crippen molar-refractivity contribution < 1.29 is 4.74 Å². The molecule has 2 rings (SSSR count). The van der Waals surface area contributed by atoms with Gasteiger partial charge in [-0.25, -0.2) is 0 Å². The van der Waals surface area contributed by atoms with Crippen molar-refractivity contribution in [3.8, 4) is 17.6 Å². The summed E-state index contributed by atoms with van der Waals surface area (Å²) in [6, 6.07) is 12.8. The van der Waals surface area contributed by atoms with Gasteiger partial charge in [0.1, 0.15) is 12.4 Å². The molecule has 0 N–H and O–H groups in total. The summed E-state index contributed by atoms with van der Waals surface area (Å²) in [6.07, 6.45) is 0. The van der Waals surface area contributed by atoms with Crippen molar-refractivity contribution >= 4 is 34.8 Å². The number of alkyl halides is 1. The minimum absolute atomic E-state index is 0.286. The Morgan fingerprint density at radius 2 is 1.85 bits per heavy atom. The standard InChI is InChI=1S/C16H11Cl3O/c17-9-3-5-12-4-1-2-6-16(12)20-11-13-10-14(18)7-8-15(13)19/h1-2,4,6-8,10H,9,11H2. The number of halogens is 3. The van der Waals surface area contributed by atoms with E-state index in [0.29, 0.717) is 22.4 Å². The van der Waals surface area contributed by atoms with Gasteiger partial charge in [0.25, 0.3) is 0 Å². The molecule has 0 aliphatic rings. The largest absolute Gasteiger partial charge is 0.488 e. The molecule has 0 unspecified atom stereocenters. The van der Waals surface area contributed by atoms with Crippen LogP contribution in [0.1, 0.15) is 11.1 Å². The van der Waals surface area contributed by atoms with Crippen LogP contribution in [0.2, 0.25) is 10.0 Å². The van der Waals surface area contributed by atoms with Crippen molar-refractivity contribution in [1.29, 1.82) is 0 Å². The summed E-state index contributed by atoms with van der Waals surface area (Å²) in [4.78, 5) is 0. The lowest BCUT2D eigenvalue weighted by atomic mass is 10.2. The van der Waals surface area contributed by atoms with E-state index in [1.807, 2.05) is 24.3 Å². The number of ether oxygens (including phenoxy) is 1. The van der Waals surface area contributed by atoms with E-state index in [4.69, 9.17) is 39.5 Å². The van der Waals surface area contributed by atoms with Gasteiger partial charge in [-0.2, -0.15) is 0 Å². The molecule has 20 heavy (non-hydrogen) atoms. The monoisotopic (exact) mass is 324 g/mol.